The quantitative estimate of drug-likeness (QED) is 0.787. The van der Waals surface area contributed by atoms with Crippen molar-refractivity contribution in [2.45, 2.75) is 38.8 Å². The summed E-state index contributed by atoms with van der Waals surface area (Å²) in [7, 11) is 0. The summed E-state index contributed by atoms with van der Waals surface area (Å²) >= 11 is 5.78. The van der Waals surface area contributed by atoms with Gasteiger partial charge in [-0.1, -0.05) is 11.6 Å². The molecule has 0 saturated heterocycles. The van der Waals surface area contributed by atoms with E-state index < -0.39 is 17.1 Å². The average Bonchev–Trinajstić information content (AvgIpc) is 2.18. The molecule has 0 amide bonds. The summed E-state index contributed by atoms with van der Waals surface area (Å²) in [4.78, 5) is 11.1. The van der Waals surface area contributed by atoms with Crippen molar-refractivity contribution in [3.63, 3.8) is 0 Å². The van der Waals surface area contributed by atoms with Gasteiger partial charge in [-0.3, -0.25) is 0 Å². The Bertz CT molecular complexity index is 464. The van der Waals surface area contributed by atoms with Crippen molar-refractivity contribution in [3.05, 3.63) is 28.8 Å². The van der Waals surface area contributed by atoms with E-state index in [2.05, 4.69) is 5.32 Å². The molecule has 3 N–H and O–H groups in total. The third-order valence-electron chi connectivity index (χ3n) is 3.19. The summed E-state index contributed by atoms with van der Waals surface area (Å²) in [6, 6.07) is 4.59. The van der Waals surface area contributed by atoms with Gasteiger partial charge in [-0.15, -0.1) is 0 Å². The van der Waals surface area contributed by atoms with Crippen molar-refractivity contribution in [2.24, 2.45) is 0 Å². The fourth-order valence-electron chi connectivity index (χ4n) is 1.29. The molecular weight excluding hydrogens is 254 g/mol. The minimum atomic E-state index is -1.06. The van der Waals surface area contributed by atoms with Crippen LogP contribution in [-0.2, 0) is 0 Å². The van der Waals surface area contributed by atoms with Gasteiger partial charge in [0, 0.05) is 10.7 Å². The van der Waals surface area contributed by atoms with E-state index in [0.717, 1.165) is 0 Å². The molecule has 1 aromatic carbocycles. The van der Waals surface area contributed by atoms with Crippen molar-refractivity contribution in [3.8, 4) is 0 Å². The molecule has 0 fully saturated rings. The Balaban J connectivity index is 3.16. The number of nitrogens with one attached hydrogen (secondary N) is 1. The highest BCUT2D eigenvalue weighted by Gasteiger charge is 2.35. The molecule has 0 unspecified atom stereocenters. The zero-order valence-electron chi connectivity index (χ0n) is 10.9. The molecule has 1 rings (SSSR count). The highest BCUT2D eigenvalue weighted by atomic mass is 35.5. The van der Waals surface area contributed by atoms with Crippen LogP contribution in [0.2, 0.25) is 5.02 Å². The smallest absolute Gasteiger partial charge is 0.337 e. The molecule has 0 saturated carbocycles. The zero-order valence-corrected chi connectivity index (χ0v) is 11.7. The standard InChI is InChI=1S/C13H18ClNO3/c1-12(2,13(3,4)18)15-10-6-5-8(14)7-9(10)11(16)17/h5-7,15,18H,1-4H3,(H,16,17). The van der Waals surface area contributed by atoms with E-state index in [-0.39, 0.29) is 5.56 Å². The minimum absolute atomic E-state index is 0.0832. The van der Waals surface area contributed by atoms with Crippen LogP contribution in [0, 0.1) is 0 Å². The highest BCUT2D eigenvalue weighted by Crippen LogP contribution is 2.29. The fraction of sp³-hybridized carbons (Fsp3) is 0.462. The molecule has 1 aromatic rings. The SMILES string of the molecule is CC(C)(O)C(C)(C)Nc1ccc(Cl)cc1C(=O)O. The first-order valence-corrected chi connectivity index (χ1v) is 5.96. The van der Waals surface area contributed by atoms with Crippen LogP contribution in [-0.4, -0.2) is 27.3 Å². The van der Waals surface area contributed by atoms with Gasteiger partial charge in [-0.2, -0.15) is 0 Å². The maximum Gasteiger partial charge on any atom is 0.337 e. The van der Waals surface area contributed by atoms with Gasteiger partial charge < -0.3 is 15.5 Å². The van der Waals surface area contributed by atoms with Gasteiger partial charge in [0.05, 0.1) is 16.7 Å². The first-order chi connectivity index (χ1) is 8.04. The van der Waals surface area contributed by atoms with Gasteiger partial charge in [-0.05, 0) is 45.9 Å². The monoisotopic (exact) mass is 271 g/mol. The molecule has 0 aromatic heterocycles. The first kappa shape index (κ1) is 14.8. The van der Waals surface area contributed by atoms with Crippen molar-refractivity contribution >= 4 is 23.3 Å². The third-order valence-corrected chi connectivity index (χ3v) is 3.42. The Kier molecular flexibility index (Phi) is 3.93. The van der Waals surface area contributed by atoms with E-state index in [9.17, 15) is 9.90 Å². The van der Waals surface area contributed by atoms with Gasteiger partial charge in [0.25, 0.3) is 0 Å². The molecule has 18 heavy (non-hydrogen) atoms. The molecule has 0 aliphatic rings. The van der Waals surface area contributed by atoms with Crippen molar-refractivity contribution in [2.75, 3.05) is 5.32 Å². The van der Waals surface area contributed by atoms with Crippen molar-refractivity contribution < 1.29 is 15.0 Å². The fourth-order valence-corrected chi connectivity index (χ4v) is 1.46. The van der Waals surface area contributed by atoms with Gasteiger partial charge in [0.2, 0.25) is 0 Å². The number of aliphatic hydroxyl groups is 1. The molecular formula is C13H18ClNO3. The minimum Gasteiger partial charge on any atom is -0.478 e. The molecule has 0 aliphatic carbocycles. The summed E-state index contributed by atoms with van der Waals surface area (Å²) in [5.74, 6) is -1.06. The lowest BCUT2D eigenvalue weighted by Gasteiger charge is -2.39. The maximum absolute atomic E-state index is 11.1. The number of hydrogen-bond donors (Lipinski definition) is 3. The van der Waals surface area contributed by atoms with Crippen LogP contribution in [0.3, 0.4) is 0 Å². The molecule has 100 valence electrons. The average molecular weight is 272 g/mol. The summed E-state index contributed by atoms with van der Waals surface area (Å²) in [5, 5.41) is 22.6. The van der Waals surface area contributed by atoms with E-state index in [0.29, 0.717) is 10.7 Å². The van der Waals surface area contributed by atoms with E-state index in [4.69, 9.17) is 16.7 Å². The van der Waals surface area contributed by atoms with Crippen LogP contribution in [0.15, 0.2) is 18.2 Å². The summed E-state index contributed by atoms with van der Waals surface area (Å²) < 4.78 is 0. The molecule has 0 bridgehead atoms. The van der Waals surface area contributed by atoms with E-state index >= 15 is 0 Å². The summed E-state index contributed by atoms with van der Waals surface area (Å²) in [6.07, 6.45) is 0. The molecule has 0 radical (unpaired) electrons. The van der Waals surface area contributed by atoms with Crippen LogP contribution in [0.1, 0.15) is 38.1 Å². The second-order valence-electron chi connectivity index (χ2n) is 5.30. The highest BCUT2D eigenvalue weighted by molar-refractivity contribution is 6.31. The van der Waals surface area contributed by atoms with Gasteiger partial charge in [-0.25, -0.2) is 4.79 Å². The third kappa shape index (κ3) is 3.15. The number of rotatable bonds is 4. The lowest BCUT2D eigenvalue weighted by atomic mass is 9.85. The largest absolute Gasteiger partial charge is 0.478 e. The van der Waals surface area contributed by atoms with Crippen LogP contribution in [0.25, 0.3) is 0 Å². The van der Waals surface area contributed by atoms with Crippen LogP contribution >= 0.6 is 11.6 Å². The Hall–Kier alpha value is -1.26. The van der Waals surface area contributed by atoms with Crippen molar-refractivity contribution in [1.29, 1.82) is 0 Å². The second kappa shape index (κ2) is 4.78. The van der Waals surface area contributed by atoms with Crippen molar-refractivity contribution in [1.82, 2.24) is 0 Å². The van der Waals surface area contributed by atoms with Gasteiger partial charge in [0.1, 0.15) is 0 Å². The topological polar surface area (TPSA) is 69.6 Å². The Morgan fingerprint density at radius 2 is 1.83 bits per heavy atom. The molecule has 0 spiro atoms. The normalized spacial score (nSPS) is 12.3. The van der Waals surface area contributed by atoms with E-state index in [1.807, 2.05) is 0 Å². The predicted octanol–water partition coefficient (Wildman–Crippen LogP) is 3.00. The number of carbonyl (C=O) groups is 1. The molecule has 4 nitrogen and oxygen atoms in total. The number of carboxylic acid groups (broad SMARTS) is 1. The lowest BCUT2D eigenvalue weighted by Crippen LogP contribution is -2.51. The van der Waals surface area contributed by atoms with E-state index in [1.165, 1.54) is 6.07 Å². The number of benzene rings is 1. The molecule has 0 aliphatic heterocycles. The lowest BCUT2D eigenvalue weighted by molar-refractivity contribution is 0.0239. The molecule has 0 atom stereocenters. The maximum atomic E-state index is 11.1. The summed E-state index contributed by atoms with van der Waals surface area (Å²) in [6.45, 7) is 6.92. The number of halogens is 1. The van der Waals surface area contributed by atoms with Crippen LogP contribution in [0.4, 0.5) is 5.69 Å². The van der Waals surface area contributed by atoms with Gasteiger partial charge >= 0.3 is 5.97 Å². The Morgan fingerprint density at radius 3 is 2.28 bits per heavy atom. The first-order valence-electron chi connectivity index (χ1n) is 5.58. The van der Waals surface area contributed by atoms with Crippen LogP contribution < -0.4 is 5.32 Å². The second-order valence-corrected chi connectivity index (χ2v) is 5.74. The summed E-state index contributed by atoms with van der Waals surface area (Å²) in [5.41, 5.74) is -1.19. The Morgan fingerprint density at radius 1 is 1.28 bits per heavy atom. The Labute approximate surface area is 112 Å². The predicted molar refractivity (Wildman–Crippen MR) is 72.4 cm³/mol. The van der Waals surface area contributed by atoms with Gasteiger partial charge in [0.15, 0.2) is 0 Å². The number of aromatic carboxylic acids is 1. The molecule has 5 heteroatoms. The van der Waals surface area contributed by atoms with Crippen LogP contribution in [0.5, 0.6) is 0 Å². The number of anilines is 1. The number of carboxylic acids is 1. The zero-order chi connectivity index (χ0) is 14.1. The number of hydrogen-bond acceptors (Lipinski definition) is 3. The molecule has 0 heterocycles. The van der Waals surface area contributed by atoms with E-state index in [1.54, 1.807) is 39.8 Å².